The van der Waals surface area contributed by atoms with Crippen molar-refractivity contribution in [1.29, 1.82) is 5.26 Å². The van der Waals surface area contributed by atoms with Gasteiger partial charge in [0.25, 0.3) is 0 Å². The standard InChI is InChI=1S/C21H17FN2O4/c1-2-28-20(27)21(13-23,14-6-4-3-5-7-14)17-12-18(25)24(19(17)26)16-10-8-15(22)9-11-16/h3-11,17H,2,12H2,1H3/t17-,21+/m1/s1. The second-order valence-electron chi connectivity index (χ2n) is 6.31. The topological polar surface area (TPSA) is 87.5 Å². The zero-order valence-electron chi connectivity index (χ0n) is 15.1. The van der Waals surface area contributed by atoms with E-state index in [1.165, 1.54) is 12.1 Å². The van der Waals surface area contributed by atoms with Crippen molar-refractivity contribution >= 4 is 23.5 Å². The number of anilines is 1. The number of esters is 1. The van der Waals surface area contributed by atoms with Crippen LogP contribution in [0, 0.1) is 23.1 Å². The first-order chi connectivity index (χ1) is 13.5. The number of rotatable bonds is 5. The van der Waals surface area contributed by atoms with Crippen LogP contribution in [0.3, 0.4) is 0 Å². The molecule has 2 atom stereocenters. The van der Waals surface area contributed by atoms with Crippen molar-refractivity contribution in [1.82, 2.24) is 0 Å². The summed E-state index contributed by atoms with van der Waals surface area (Å²) >= 11 is 0. The van der Waals surface area contributed by atoms with E-state index in [1.807, 2.05) is 6.07 Å². The van der Waals surface area contributed by atoms with Crippen LogP contribution in [0.25, 0.3) is 0 Å². The van der Waals surface area contributed by atoms with E-state index in [9.17, 15) is 24.0 Å². The molecule has 1 aliphatic rings. The second kappa shape index (κ2) is 7.61. The molecule has 1 fully saturated rings. The third-order valence-electron chi connectivity index (χ3n) is 4.76. The number of benzene rings is 2. The highest BCUT2D eigenvalue weighted by molar-refractivity contribution is 6.22. The van der Waals surface area contributed by atoms with Crippen molar-refractivity contribution in [3.8, 4) is 6.07 Å². The summed E-state index contributed by atoms with van der Waals surface area (Å²) in [6, 6.07) is 14.9. The summed E-state index contributed by atoms with van der Waals surface area (Å²) in [7, 11) is 0. The van der Waals surface area contributed by atoms with Gasteiger partial charge in [0, 0.05) is 6.42 Å². The first-order valence-electron chi connectivity index (χ1n) is 8.72. The fourth-order valence-electron chi connectivity index (χ4n) is 3.43. The minimum absolute atomic E-state index is 0.0195. The maximum atomic E-state index is 13.2. The smallest absolute Gasteiger partial charge is 0.331 e. The fraction of sp³-hybridized carbons (Fsp3) is 0.238. The second-order valence-corrected chi connectivity index (χ2v) is 6.31. The molecule has 0 radical (unpaired) electrons. The van der Waals surface area contributed by atoms with Gasteiger partial charge in [0.05, 0.1) is 24.3 Å². The van der Waals surface area contributed by atoms with Gasteiger partial charge in [-0.05, 0) is 36.8 Å². The number of hydrogen-bond donors (Lipinski definition) is 0. The predicted octanol–water partition coefficient (Wildman–Crippen LogP) is 2.73. The van der Waals surface area contributed by atoms with Crippen LogP contribution in [0.1, 0.15) is 18.9 Å². The van der Waals surface area contributed by atoms with Crippen molar-refractivity contribution in [3.63, 3.8) is 0 Å². The number of amides is 2. The molecule has 0 saturated carbocycles. The number of ether oxygens (including phenoxy) is 1. The van der Waals surface area contributed by atoms with Crippen LogP contribution >= 0.6 is 0 Å². The summed E-state index contributed by atoms with van der Waals surface area (Å²) in [5.74, 6) is -3.91. The first-order valence-corrected chi connectivity index (χ1v) is 8.72. The monoisotopic (exact) mass is 380 g/mol. The first kappa shape index (κ1) is 19.2. The Balaban J connectivity index is 2.10. The van der Waals surface area contributed by atoms with E-state index in [2.05, 4.69) is 0 Å². The normalized spacial score (nSPS) is 18.5. The third kappa shape index (κ3) is 3.03. The summed E-state index contributed by atoms with van der Waals surface area (Å²) in [6.07, 6.45) is -0.336. The average Bonchev–Trinajstić information content (AvgIpc) is 2.99. The predicted molar refractivity (Wildman–Crippen MR) is 97.4 cm³/mol. The maximum absolute atomic E-state index is 13.2. The Hall–Kier alpha value is -3.53. The number of hydrogen-bond acceptors (Lipinski definition) is 5. The van der Waals surface area contributed by atoms with Crippen LogP contribution in [-0.4, -0.2) is 24.4 Å². The molecular weight excluding hydrogens is 363 g/mol. The van der Waals surface area contributed by atoms with E-state index in [0.717, 1.165) is 17.0 Å². The number of carbonyl (C=O) groups excluding carboxylic acids is 3. The van der Waals surface area contributed by atoms with Crippen LogP contribution in [0.2, 0.25) is 0 Å². The zero-order chi connectivity index (χ0) is 20.3. The Kier molecular flexibility index (Phi) is 5.23. The van der Waals surface area contributed by atoms with Gasteiger partial charge >= 0.3 is 5.97 Å². The van der Waals surface area contributed by atoms with Gasteiger partial charge in [0.2, 0.25) is 11.8 Å². The van der Waals surface area contributed by atoms with E-state index < -0.39 is 34.9 Å². The van der Waals surface area contributed by atoms with Crippen molar-refractivity contribution < 1.29 is 23.5 Å². The largest absolute Gasteiger partial charge is 0.465 e. The molecule has 7 heteroatoms. The highest BCUT2D eigenvalue weighted by Gasteiger charge is 2.58. The Morgan fingerprint density at radius 2 is 1.86 bits per heavy atom. The number of carbonyl (C=O) groups is 3. The molecule has 1 aliphatic heterocycles. The van der Waals surface area contributed by atoms with Crippen molar-refractivity contribution in [3.05, 3.63) is 66.0 Å². The molecule has 2 amide bonds. The van der Waals surface area contributed by atoms with Gasteiger partial charge in [-0.25, -0.2) is 9.18 Å². The van der Waals surface area contributed by atoms with E-state index >= 15 is 0 Å². The van der Waals surface area contributed by atoms with E-state index in [-0.39, 0.29) is 24.3 Å². The average molecular weight is 380 g/mol. The summed E-state index contributed by atoms with van der Waals surface area (Å²) in [6.45, 7) is 1.61. The Bertz CT molecular complexity index is 953. The lowest BCUT2D eigenvalue weighted by Crippen LogP contribution is -2.47. The molecule has 0 spiro atoms. The van der Waals surface area contributed by atoms with Gasteiger partial charge < -0.3 is 4.74 Å². The zero-order valence-corrected chi connectivity index (χ0v) is 15.1. The van der Waals surface area contributed by atoms with Crippen molar-refractivity contribution in [2.45, 2.75) is 18.8 Å². The molecule has 2 aromatic carbocycles. The summed E-state index contributed by atoms with van der Waals surface area (Å²) < 4.78 is 18.3. The molecule has 0 aliphatic carbocycles. The van der Waals surface area contributed by atoms with Gasteiger partial charge in [-0.15, -0.1) is 0 Å². The number of imide groups is 1. The minimum Gasteiger partial charge on any atom is -0.465 e. The number of nitrogens with zero attached hydrogens (tertiary/aromatic N) is 2. The summed E-state index contributed by atoms with van der Waals surface area (Å²) in [5.41, 5.74) is -1.50. The van der Waals surface area contributed by atoms with E-state index in [1.54, 1.807) is 37.3 Å². The summed E-state index contributed by atoms with van der Waals surface area (Å²) in [5, 5.41) is 10.0. The van der Waals surface area contributed by atoms with Crippen LogP contribution < -0.4 is 4.90 Å². The molecule has 0 aromatic heterocycles. The summed E-state index contributed by atoms with van der Waals surface area (Å²) in [4.78, 5) is 39.5. The van der Waals surface area contributed by atoms with Gasteiger partial charge in [-0.3, -0.25) is 14.5 Å². The van der Waals surface area contributed by atoms with Gasteiger partial charge in [0.1, 0.15) is 5.82 Å². The quantitative estimate of drug-likeness (QED) is 0.588. The van der Waals surface area contributed by atoms with Crippen LogP contribution in [0.4, 0.5) is 10.1 Å². The lowest BCUT2D eigenvalue weighted by atomic mass is 9.70. The molecule has 0 unspecified atom stereocenters. The highest BCUT2D eigenvalue weighted by atomic mass is 19.1. The van der Waals surface area contributed by atoms with Crippen LogP contribution in [0.15, 0.2) is 54.6 Å². The van der Waals surface area contributed by atoms with E-state index in [4.69, 9.17) is 4.74 Å². The molecule has 142 valence electrons. The van der Waals surface area contributed by atoms with Crippen LogP contribution in [0.5, 0.6) is 0 Å². The molecule has 0 N–H and O–H groups in total. The molecule has 28 heavy (non-hydrogen) atoms. The Morgan fingerprint density at radius 3 is 2.43 bits per heavy atom. The highest BCUT2D eigenvalue weighted by Crippen LogP contribution is 2.41. The van der Waals surface area contributed by atoms with Gasteiger partial charge in [0.15, 0.2) is 5.41 Å². The van der Waals surface area contributed by atoms with Crippen molar-refractivity contribution in [2.75, 3.05) is 11.5 Å². The lowest BCUT2D eigenvalue weighted by molar-refractivity contribution is -0.151. The van der Waals surface area contributed by atoms with E-state index in [0.29, 0.717) is 0 Å². The maximum Gasteiger partial charge on any atom is 0.331 e. The minimum atomic E-state index is -1.96. The Labute approximate surface area is 161 Å². The molecular formula is C21H17FN2O4. The number of halogens is 1. The molecule has 1 heterocycles. The van der Waals surface area contributed by atoms with Crippen LogP contribution in [-0.2, 0) is 24.5 Å². The van der Waals surface area contributed by atoms with Crippen molar-refractivity contribution in [2.24, 2.45) is 5.92 Å². The lowest BCUT2D eigenvalue weighted by Gasteiger charge is -2.29. The number of nitriles is 1. The molecule has 6 nitrogen and oxygen atoms in total. The van der Waals surface area contributed by atoms with Gasteiger partial charge in [-0.1, -0.05) is 30.3 Å². The van der Waals surface area contributed by atoms with Gasteiger partial charge in [-0.2, -0.15) is 5.26 Å². The molecule has 0 bridgehead atoms. The molecule has 3 rings (SSSR count). The molecule has 2 aromatic rings. The third-order valence-corrected chi connectivity index (χ3v) is 4.76. The fourth-order valence-corrected chi connectivity index (χ4v) is 3.43. The Morgan fingerprint density at radius 1 is 1.21 bits per heavy atom. The molecule has 1 saturated heterocycles. The SMILES string of the molecule is CCOC(=O)[C@@](C#N)(c1ccccc1)[C@@H]1CC(=O)N(c2ccc(F)cc2)C1=O.